The van der Waals surface area contributed by atoms with Crippen molar-refractivity contribution in [1.82, 2.24) is 4.48 Å². The van der Waals surface area contributed by atoms with E-state index in [1.54, 1.807) is 0 Å². The largest absolute Gasteiger partial charge is 1.00 e. The summed E-state index contributed by atoms with van der Waals surface area (Å²) in [7, 11) is 0.189. The van der Waals surface area contributed by atoms with Gasteiger partial charge in [-0.1, -0.05) is 7.43 Å². The summed E-state index contributed by atoms with van der Waals surface area (Å²) in [6, 6.07) is 20.5. The lowest BCUT2D eigenvalue weighted by atomic mass is 10.2. The zero-order valence-electron chi connectivity index (χ0n) is 21.1. The fourth-order valence-electron chi connectivity index (χ4n) is 2.12. The first-order valence-electron chi connectivity index (χ1n) is 10.4. The van der Waals surface area contributed by atoms with Gasteiger partial charge in [0.1, 0.15) is 35.5 Å². The van der Waals surface area contributed by atoms with Crippen molar-refractivity contribution in [1.29, 1.82) is 0 Å². The molecule has 0 aliphatic rings. The molecule has 15 heteroatoms. The van der Waals surface area contributed by atoms with Gasteiger partial charge in [0.05, 0.1) is 21.1 Å². The Balaban J connectivity index is -0.000000467. The molecule has 0 unspecified atom stereocenters. The van der Waals surface area contributed by atoms with E-state index in [2.05, 4.69) is 32.2 Å². The second kappa shape index (κ2) is 18.9. The minimum Gasteiger partial charge on any atom is -1.00 e. The van der Waals surface area contributed by atoms with Gasteiger partial charge >= 0.3 is 11.6 Å². The van der Waals surface area contributed by atoms with Crippen molar-refractivity contribution in [2.24, 2.45) is 0 Å². The fraction of sp³-hybridized carbons (Fsp3) is 0.192. The second-order valence-corrected chi connectivity index (χ2v) is 9.37. The predicted octanol–water partition coefficient (Wildman–Crippen LogP) is 3.03. The first-order valence-corrected chi connectivity index (χ1v) is 11.8. The Bertz CT molecular complexity index is 1350. The molecule has 0 aliphatic heterocycles. The number of rotatable bonds is 3. The molecule has 226 valence electrons. The van der Waals surface area contributed by atoms with Crippen LogP contribution in [0.15, 0.2) is 72.8 Å². The van der Waals surface area contributed by atoms with Crippen LogP contribution < -0.4 is 9.19 Å². The summed E-state index contributed by atoms with van der Waals surface area (Å²) in [5.74, 6) is -0.656. The third kappa shape index (κ3) is 17.9. The van der Waals surface area contributed by atoms with Gasteiger partial charge in [-0.25, -0.2) is 17.2 Å². The predicted molar refractivity (Wildman–Crippen MR) is 142 cm³/mol. The van der Waals surface area contributed by atoms with Crippen molar-refractivity contribution in [3.63, 3.8) is 0 Å². The maximum atomic E-state index is 12.2. The summed E-state index contributed by atoms with van der Waals surface area (Å²) in [6.45, 7) is 0. The van der Waals surface area contributed by atoms with Crippen LogP contribution in [0.3, 0.4) is 0 Å². The van der Waals surface area contributed by atoms with E-state index >= 15 is 0 Å². The molecule has 0 heterocycles. The molecule has 8 nitrogen and oxygen atoms in total. The van der Waals surface area contributed by atoms with Gasteiger partial charge in [-0.2, -0.15) is 13.2 Å². The van der Waals surface area contributed by atoms with E-state index in [0.717, 1.165) is 16.3 Å². The lowest BCUT2D eigenvalue weighted by molar-refractivity contribution is -0.0518. The van der Waals surface area contributed by atoms with E-state index in [1.807, 2.05) is 24.3 Å². The number of hydrogen-bond acceptors (Lipinski definition) is 6. The van der Waals surface area contributed by atoms with Crippen LogP contribution in [-0.2, 0) is 10.1 Å². The quantitative estimate of drug-likeness (QED) is 0.113. The first kappa shape index (κ1) is 41.2. The van der Waals surface area contributed by atoms with Crippen molar-refractivity contribution in [2.75, 3.05) is 21.1 Å². The van der Waals surface area contributed by atoms with E-state index in [4.69, 9.17) is 13.0 Å². The molecule has 0 atom stereocenters. The molecule has 0 spiro atoms. The number of benzene rings is 3. The van der Waals surface area contributed by atoms with Gasteiger partial charge < -0.3 is 14.5 Å². The van der Waals surface area contributed by atoms with E-state index in [0.29, 0.717) is 17.4 Å². The number of alkyl halides is 3. The third-order valence-electron chi connectivity index (χ3n) is 4.11. The summed E-state index contributed by atoms with van der Waals surface area (Å²) in [6.07, 6.45) is 1.54. The van der Waals surface area contributed by atoms with Crippen LogP contribution in [0, 0.1) is 22.9 Å². The molecule has 0 aliphatic carbocycles. The number of quaternary nitrogens is 1. The zero-order valence-corrected chi connectivity index (χ0v) is 21.9. The van der Waals surface area contributed by atoms with Crippen LogP contribution in [0.1, 0.15) is 33.7 Å². The van der Waals surface area contributed by atoms with Crippen molar-refractivity contribution >= 4 is 28.4 Å². The molecule has 0 saturated carbocycles. The van der Waals surface area contributed by atoms with Gasteiger partial charge in [-0.15, -0.1) is 0 Å². The highest BCUT2D eigenvalue weighted by molar-refractivity contribution is 7.86. The number of hydrogen-bond donors (Lipinski definition) is 0. The zero-order chi connectivity index (χ0) is 30.3. The van der Waals surface area contributed by atoms with E-state index in [1.165, 1.54) is 54.2 Å². The molecule has 3 rings (SSSR count). The smallest absolute Gasteiger partial charge is 0.485 e. The van der Waals surface area contributed by atoms with Gasteiger partial charge in [0.2, 0.25) is 0 Å². The Morgan fingerprint density at radius 1 is 0.780 bits per heavy atom. The highest BCUT2D eigenvalue weighted by Gasteiger charge is 2.36. The van der Waals surface area contributed by atoms with Crippen molar-refractivity contribution in [2.45, 2.75) is 12.9 Å². The van der Waals surface area contributed by atoms with Crippen LogP contribution in [0.4, 0.5) is 27.6 Å². The molecule has 0 bridgehead atoms. The minimum atomic E-state index is -6.09. The van der Waals surface area contributed by atoms with Gasteiger partial charge in [0.15, 0.2) is 10.1 Å². The molecular formula is C26H27F6N2O6S-. The molecule has 0 N–H and O–H groups in total. The second-order valence-electron chi connectivity index (χ2n) is 8.00. The maximum Gasteiger partial charge on any atom is 0.485 e. The van der Waals surface area contributed by atoms with Gasteiger partial charge in [-0.05, 0) is 72.8 Å². The number of aldehydes is 2. The van der Waals surface area contributed by atoms with Gasteiger partial charge in [0.25, 0.3) is 0 Å². The standard InChI is InChI=1S/C10H14NO.C7H4FNO.C7H5FO.CHF3O3S.CH4.FH/c1-11(2,3)10-6-4-9(8-12)5-7-10;8-7-3-1-6(2-4-7)5-9-10;8-7-3-1-6(5-9)2-4-7;2-1(3,4)8(5,6)7;;/h4-8H,1-3H3;1-4H;1-5H;(H,5,6,7);1H4;1H/q+1;;;;;/p-2/i;2*8-1;;;1-1. The SMILES string of the molecule is C.C[N+](C)(C)c1ccc(C=O)cc1.O=Cc1ccc([18F])cc1.O=S(=O)([O-])C(F)(F)F.[18F-].[O-][N+]#Cc1ccc([18F])cc1. The number of carbonyl (C=O) groups is 2. The fourth-order valence-corrected chi connectivity index (χ4v) is 2.12. The van der Waals surface area contributed by atoms with Crippen LogP contribution in [-0.4, -0.2) is 52.2 Å². The van der Waals surface area contributed by atoms with Crippen molar-refractivity contribution in [3.8, 4) is 6.07 Å². The van der Waals surface area contributed by atoms with Crippen LogP contribution >= 0.6 is 0 Å². The molecule has 3 aromatic rings. The first-order chi connectivity index (χ1) is 17.9. The van der Waals surface area contributed by atoms with E-state index in [9.17, 15) is 36.7 Å². The Morgan fingerprint density at radius 3 is 1.37 bits per heavy atom. The topological polar surface area (TPSA) is 119 Å². The summed E-state index contributed by atoms with van der Waals surface area (Å²) >= 11 is 0. The Hall–Kier alpha value is -4.26. The van der Waals surface area contributed by atoms with Crippen molar-refractivity contribution < 1.29 is 49.2 Å². The molecule has 0 fully saturated rings. The Morgan fingerprint density at radius 2 is 1.10 bits per heavy atom. The molecule has 0 aromatic heterocycles. The van der Waals surface area contributed by atoms with Crippen molar-refractivity contribution in [3.05, 3.63) is 111 Å². The summed E-state index contributed by atoms with van der Waals surface area (Å²) in [5.41, 5.74) is -2.74. The van der Waals surface area contributed by atoms with Gasteiger partial charge in [-0.3, -0.25) is 14.1 Å². The average Bonchev–Trinajstić information content (AvgIpc) is 2.86. The number of halogens is 6. The average molecular weight is 607 g/mol. The normalized spacial score (nSPS) is 9.98. The monoisotopic (exact) mass is 606 g/mol. The molecule has 41 heavy (non-hydrogen) atoms. The highest BCUT2D eigenvalue weighted by Crippen LogP contribution is 2.20. The Labute approximate surface area is 233 Å². The minimum absolute atomic E-state index is 0. The Kier molecular flexibility index (Phi) is 19.0. The van der Waals surface area contributed by atoms with Crippen LogP contribution in [0.2, 0.25) is 0 Å². The van der Waals surface area contributed by atoms with E-state index < -0.39 is 15.6 Å². The molecule has 3 aromatic carbocycles. The number of carbonyl (C=O) groups excluding carboxylic acids is 2. The number of nitrogens with zero attached hydrogens (tertiary/aromatic N) is 2. The third-order valence-corrected chi connectivity index (χ3v) is 4.68. The van der Waals surface area contributed by atoms with Crippen LogP contribution in [0.5, 0.6) is 0 Å². The summed E-state index contributed by atoms with van der Waals surface area (Å²) < 4.78 is 84.0. The van der Waals surface area contributed by atoms with Crippen LogP contribution in [0.25, 0.3) is 5.01 Å². The van der Waals surface area contributed by atoms with Gasteiger partial charge in [0, 0.05) is 16.1 Å². The highest BCUT2D eigenvalue weighted by atomic mass is 32.2. The lowest BCUT2D eigenvalue weighted by Gasteiger charge is -2.23. The molecule has 0 saturated heterocycles. The van der Waals surface area contributed by atoms with E-state index in [-0.39, 0.29) is 23.8 Å². The summed E-state index contributed by atoms with van der Waals surface area (Å²) in [5, 5.41) is 12.0. The summed E-state index contributed by atoms with van der Waals surface area (Å²) in [4.78, 5) is 20.4. The maximum absolute atomic E-state index is 12.2. The lowest BCUT2D eigenvalue weighted by Crippen LogP contribution is -3.00. The molecular weight excluding hydrogens is 579 g/mol. The molecule has 0 amide bonds. The molecule has 0 radical (unpaired) electrons.